The van der Waals surface area contributed by atoms with Gasteiger partial charge in [-0.25, -0.2) is 19.3 Å². The summed E-state index contributed by atoms with van der Waals surface area (Å²) in [7, 11) is 1.81. The molecule has 0 unspecified atom stereocenters. The number of pyridine rings is 1. The Hall–Kier alpha value is -4.08. The van der Waals surface area contributed by atoms with Crippen LogP contribution in [0.4, 0.5) is 16.0 Å². The summed E-state index contributed by atoms with van der Waals surface area (Å²) >= 11 is 0. The largest absolute Gasteiger partial charge is 0.484 e. The molecule has 0 spiro atoms. The first kappa shape index (κ1) is 18.3. The molecule has 3 heterocycles. The average molecular weight is 394 g/mol. The summed E-state index contributed by atoms with van der Waals surface area (Å²) in [6.07, 6.45) is 5.08. The lowest BCUT2D eigenvalue weighted by molar-refractivity contribution is -0.109. The van der Waals surface area contributed by atoms with Gasteiger partial charge in [-0.1, -0.05) is 0 Å². The van der Waals surface area contributed by atoms with E-state index in [1.165, 1.54) is 12.5 Å². The number of carbonyl (C=O) groups is 1. The first-order valence-electron chi connectivity index (χ1n) is 8.53. The molecule has 4 rings (SSSR count). The van der Waals surface area contributed by atoms with E-state index < -0.39 is 5.82 Å². The van der Waals surface area contributed by atoms with Gasteiger partial charge in [0.2, 0.25) is 0 Å². The van der Waals surface area contributed by atoms with Crippen molar-refractivity contribution in [2.75, 3.05) is 11.9 Å². The molecule has 0 bridgehead atoms. The number of halogens is 1. The zero-order valence-corrected chi connectivity index (χ0v) is 15.2. The van der Waals surface area contributed by atoms with Crippen LogP contribution in [0.15, 0.2) is 49.1 Å². The Morgan fingerprint density at radius 1 is 1.17 bits per heavy atom. The van der Waals surface area contributed by atoms with Crippen LogP contribution in [0.1, 0.15) is 0 Å². The Balaban J connectivity index is 1.61. The van der Waals surface area contributed by atoms with E-state index in [0.717, 1.165) is 6.07 Å². The average Bonchev–Trinajstić information content (AvgIpc) is 3.13. The molecule has 1 aromatic carbocycles. The Morgan fingerprint density at radius 3 is 2.83 bits per heavy atom. The van der Waals surface area contributed by atoms with E-state index in [1.807, 2.05) is 13.1 Å². The number of aryl methyl sites for hydroxylation is 1. The second-order valence-corrected chi connectivity index (χ2v) is 5.94. The minimum atomic E-state index is -0.718. The third-order valence-corrected chi connectivity index (χ3v) is 3.88. The molecule has 9 nitrogen and oxygen atoms in total. The van der Waals surface area contributed by atoms with Crippen LogP contribution in [0.3, 0.4) is 0 Å². The van der Waals surface area contributed by atoms with E-state index in [-0.39, 0.29) is 18.2 Å². The van der Waals surface area contributed by atoms with Crippen LogP contribution in [0.5, 0.6) is 17.4 Å². The van der Waals surface area contributed by atoms with Crippen LogP contribution >= 0.6 is 0 Å². The molecule has 1 N–H and O–H groups in total. The van der Waals surface area contributed by atoms with E-state index >= 15 is 0 Å². The molecule has 3 aromatic heterocycles. The molecular weight excluding hydrogens is 379 g/mol. The zero-order chi connectivity index (χ0) is 20.2. The van der Waals surface area contributed by atoms with E-state index in [9.17, 15) is 9.18 Å². The van der Waals surface area contributed by atoms with Crippen LogP contribution < -0.4 is 14.8 Å². The molecule has 0 radical (unpaired) electrons. The molecular formula is C19H15FN6O3. The lowest BCUT2D eigenvalue weighted by Gasteiger charge is -2.10. The summed E-state index contributed by atoms with van der Waals surface area (Å²) in [6, 6.07) is 7.97. The number of hydrogen-bond donors (Lipinski definition) is 1. The summed E-state index contributed by atoms with van der Waals surface area (Å²) in [6.45, 7) is -0.182. The topological polar surface area (TPSA) is 104 Å². The van der Waals surface area contributed by atoms with E-state index in [0.29, 0.717) is 34.6 Å². The molecule has 29 heavy (non-hydrogen) atoms. The molecule has 0 aliphatic heterocycles. The Bertz CT molecular complexity index is 1180. The fourth-order valence-electron chi connectivity index (χ4n) is 2.61. The summed E-state index contributed by atoms with van der Waals surface area (Å²) in [5.74, 6) is 0.700. The van der Waals surface area contributed by atoms with Gasteiger partial charge in [-0.3, -0.25) is 9.48 Å². The second kappa shape index (κ2) is 7.89. The number of nitrogens with zero attached hydrogens (tertiary/aromatic N) is 5. The fraction of sp³-hybridized carbons (Fsp3) is 0.105. The quantitative estimate of drug-likeness (QED) is 0.477. The number of fused-ring (bicyclic) bond motifs is 1. The maximum absolute atomic E-state index is 14.2. The van der Waals surface area contributed by atoms with E-state index in [4.69, 9.17) is 9.47 Å². The number of rotatable bonds is 7. The minimum absolute atomic E-state index is 0.135. The molecule has 0 fully saturated rings. The number of carbonyl (C=O) groups excluding carboxylic acids is 1. The van der Waals surface area contributed by atoms with Gasteiger partial charge < -0.3 is 14.8 Å². The second-order valence-electron chi connectivity index (χ2n) is 5.94. The zero-order valence-electron chi connectivity index (χ0n) is 15.2. The van der Waals surface area contributed by atoms with Gasteiger partial charge in [0.15, 0.2) is 17.9 Å². The monoisotopic (exact) mass is 394 g/mol. The van der Waals surface area contributed by atoms with Crippen LogP contribution in [-0.2, 0) is 11.8 Å². The maximum Gasteiger partial charge on any atom is 0.256 e. The molecule has 0 aliphatic carbocycles. The van der Waals surface area contributed by atoms with E-state index in [1.54, 1.807) is 29.1 Å². The highest BCUT2D eigenvalue weighted by Gasteiger charge is 2.12. The van der Waals surface area contributed by atoms with Crippen molar-refractivity contribution >= 4 is 28.8 Å². The van der Waals surface area contributed by atoms with Gasteiger partial charge in [-0.2, -0.15) is 5.10 Å². The molecule has 0 atom stereocenters. The summed E-state index contributed by atoms with van der Waals surface area (Å²) < 4.78 is 26.5. The Labute approximate surface area is 164 Å². The van der Waals surface area contributed by atoms with Crippen molar-refractivity contribution in [3.05, 3.63) is 54.9 Å². The van der Waals surface area contributed by atoms with Crippen molar-refractivity contribution in [2.45, 2.75) is 0 Å². The molecule has 0 saturated heterocycles. The summed E-state index contributed by atoms with van der Waals surface area (Å²) in [4.78, 5) is 22.7. The number of ether oxygens (including phenoxy) is 2. The van der Waals surface area contributed by atoms with E-state index in [2.05, 4.69) is 25.4 Å². The van der Waals surface area contributed by atoms with Gasteiger partial charge in [0, 0.05) is 30.8 Å². The molecule has 0 aliphatic rings. The maximum atomic E-state index is 14.2. The first-order chi connectivity index (χ1) is 14.1. The molecule has 4 aromatic rings. The van der Waals surface area contributed by atoms with Gasteiger partial charge in [0.05, 0.1) is 11.7 Å². The Kier molecular flexibility index (Phi) is 4.97. The van der Waals surface area contributed by atoms with Crippen LogP contribution in [0, 0.1) is 5.82 Å². The molecule has 0 saturated carbocycles. The number of benzene rings is 1. The van der Waals surface area contributed by atoms with Crippen LogP contribution in [0.2, 0.25) is 0 Å². The van der Waals surface area contributed by atoms with Gasteiger partial charge in [-0.15, -0.1) is 0 Å². The smallest absolute Gasteiger partial charge is 0.256 e. The van der Waals surface area contributed by atoms with Gasteiger partial charge in [0.1, 0.15) is 30.3 Å². The predicted molar refractivity (Wildman–Crippen MR) is 102 cm³/mol. The van der Waals surface area contributed by atoms with Gasteiger partial charge in [-0.05, 0) is 18.2 Å². The van der Waals surface area contributed by atoms with Crippen molar-refractivity contribution in [3.8, 4) is 17.4 Å². The number of aromatic nitrogens is 5. The number of aldehydes is 1. The molecule has 10 heteroatoms. The van der Waals surface area contributed by atoms with Crippen molar-refractivity contribution in [3.63, 3.8) is 0 Å². The third-order valence-electron chi connectivity index (χ3n) is 3.88. The molecule has 0 amide bonds. The van der Waals surface area contributed by atoms with Crippen molar-refractivity contribution < 1.29 is 18.7 Å². The Morgan fingerprint density at radius 2 is 2.07 bits per heavy atom. The lowest BCUT2D eigenvalue weighted by atomic mass is 10.2. The van der Waals surface area contributed by atoms with Gasteiger partial charge >= 0.3 is 0 Å². The summed E-state index contributed by atoms with van der Waals surface area (Å²) in [5, 5.41) is 8.06. The SMILES string of the molecule is Cn1ccc(Nc2ncnc3ccc(Oc4ncc(OCC=O)cc4F)cc23)n1. The fourth-order valence-corrected chi connectivity index (χ4v) is 2.61. The predicted octanol–water partition coefficient (Wildman–Crippen LogP) is 3.01. The van der Waals surface area contributed by atoms with Crippen LogP contribution in [-0.4, -0.2) is 37.6 Å². The van der Waals surface area contributed by atoms with Crippen LogP contribution in [0.25, 0.3) is 10.9 Å². The van der Waals surface area contributed by atoms with Crippen molar-refractivity contribution in [1.82, 2.24) is 24.7 Å². The van der Waals surface area contributed by atoms with Crippen molar-refractivity contribution in [1.29, 1.82) is 0 Å². The summed E-state index contributed by atoms with van der Waals surface area (Å²) in [5.41, 5.74) is 0.678. The van der Waals surface area contributed by atoms with Gasteiger partial charge in [0.25, 0.3) is 5.88 Å². The third kappa shape index (κ3) is 4.10. The van der Waals surface area contributed by atoms with Crippen molar-refractivity contribution in [2.24, 2.45) is 7.05 Å². The highest BCUT2D eigenvalue weighted by molar-refractivity contribution is 5.91. The number of nitrogens with one attached hydrogen (secondary N) is 1. The number of anilines is 2. The molecule has 146 valence electrons. The lowest BCUT2D eigenvalue weighted by Crippen LogP contribution is -2.00. The highest BCUT2D eigenvalue weighted by Crippen LogP contribution is 2.30. The minimum Gasteiger partial charge on any atom is -0.484 e. The standard InChI is InChI=1S/C19H15FN6O3/c1-26-5-4-17(25-26)24-18-14-8-12(2-3-16(14)22-11-23-18)29-19-15(20)9-13(10-21-19)28-7-6-27/h2-6,8-11H,7H2,1H3,(H,22,23,24,25). The normalized spacial score (nSPS) is 10.7. The highest BCUT2D eigenvalue weighted by atomic mass is 19.1. The first-order valence-corrected chi connectivity index (χ1v) is 8.53. The number of hydrogen-bond acceptors (Lipinski definition) is 8.